The minimum Gasteiger partial charge on any atom is -0.392 e. The summed E-state index contributed by atoms with van der Waals surface area (Å²) in [7, 11) is 2.25. The van der Waals surface area contributed by atoms with E-state index in [0.717, 1.165) is 30.3 Å². The predicted octanol–water partition coefficient (Wildman–Crippen LogP) is 3.63. The molecule has 2 bridgehead atoms. The first-order valence-corrected chi connectivity index (χ1v) is 7.93. The second kappa shape index (κ2) is 9.33. The number of likely N-dealkylation sites (tertiary alicyclic amines) is 1. The van der Waals surface area contributed by atoms with Crippen LogP contribution in [0.15, 0.2) is 23.8 Å². The van der Waals surface area contributed by atoms with Crippen molar-refractivity contribution in [3.63, 3.8) is 0 Å². The molecule has 110 valence electrons. The predicted molar refractivity (Wildman–Crippen MR) is 83.2 cm³/mol. The lowest BCUT2D eigenvalue weighted by Crippen LogP contribution is -2.32. The van der Waals surface area contributed by atoms with Gasteiger partial charge < -0.3 is 10.0 Å². The summed E-state index contributed by atoms with van der Waals surface area (Å²) in [4.78, 5) is 2.49. The molecular formula is C17H31NO. The Labute approximate surface area is 119 Å². The Balaban J connectivity index is 0.000000170. The van der Waals surface area contributed by atoms with E-state index in [1.165, 1.54) is 32.4 Å². The van der Waals surface area contributed by atoms with Gasteiger partial charge in [-0.3, -0.25) is 0 Å². The van der Waals surface area contributed by atoms with Crippen LogP contribution in [0.2, 0.25) is 0 Å². The first-order chi connectivity index (χ1) is 9.28. The molecule has 2 heteroatoms. The molecule has 1 N–H and O–H groups in total. The van der Waals surface area contributed by atoms with Gasteiger partial charge in [-0.2, -0.15) is 0 Å². The van der Waals surface area contributed by atoms with E-state index in [1.807, 2.05) is 19.9 Å². The fourth-order valence-electron chi connectivity index (χ4n) is 3.25. The number of aliphatic hydroxyl groups is 1. The Morgan fingerprint density at radius 1 is 1.16 bits per heavy atom. The molecular weight excluding hydrogens is 234 g/mol. The van der Waals surface area contributed by atoms with Crippen molar-refractivity contribution in [3.05, 3.63) is 23.8 Å². The van der Waals surface area contributed by atoms with Crippen LogP contribution in [0.3, 0.4) is 0 Å². The van der Waals surface area contributed by atoms with Gasteiger partial charge in [0.15, 0.2) is 0 Å². The van der Waals surface area contributed by atoms with Crippen molar-refractivity contribution in [3.8, 4) is 0 Å². The average molecular weight is 265 g/mol. The summed E-state index contributed by atoms with van der Waals surface area (Å²) < 4.78 is 0. The standard InChI is InChI=1S/C8H15N.C7H10O.C2H6/c1-9-5-7-2-3-8(4-7)6-9;8-6-7-4-2-1-3-5-7;1-2/h7-8H,2-6H2,1H3;2,4-5,8H,1,3,6H2;1-2H3/t7-,8?;;/m1../s1. The molecule has 0 spiro atoms. The minimum absolute atomic E-state index is 0.191. The van der Waals surface area contributed by atoms with Crippen LogP contribution in [0.25, 0.3) is 0 Å². The second-order valence-electron chi connectivity index (χ2n) is 5.68. The number of rotatable bonds is 1. The summed E-state index contributed by atoms with van der Waals surface area (Å²) in [5.74, 6) is 2.13. The van der Waals surface area contributed by atoms with Crippen LogP contribution in [-0.2, 0) is 0 Å². The number of hydrogen-bond donors (Lipinski definition) is 1. The van der Waals surface area contributed by atoms with Crippen LogP contribution in [-0.4, -0.2) is 36.8 Å². The van der Waals surface area contributed by atoms with Gasteiger partial charge in [-0.1, -0.05) is 32.1 Å². The lowest BCUT2D eigenvalue weighted by atomic mass is 10.00. The average Bonchev–Trinajstić information content (AvgIpc) is 2.82. The summed E-state index contributed by atoms with van der Waals surface area (Å²) in [6.45, 7) is 6.93. The van der Waals surface area contributed by atoms with Gasteiger partial charge in [0.2, 0.25) is 0 Å². The number of aliphatic hydroxyl groups excluding tert-OH is 1. The van der Waals surface area contributed by atoms with E-state index >= 15 is 0 Å². The SMILES string of the molecule is CC.CN1CC2CC[C@H](C2)C1.OCC1=CCCC=C1. The molecule has 0 amide bonds. The molecule has 1 saturated heterocycles. The molecule has 0 aromatic heterocycles. The minimum atomic E-state index is 0.191. The number of allylic oxidation sites excluding steroid dienone is 2. The van der Waals surface area contributed by atoms with Gasteiger partial charge in [-0.05, 0) is 56.6 Å². The summed E-state index contributed by atoms with van der Waals surface area (Å²) in [6.07, 6.45) is 12.9. The molecule has 2 atom stereocenters. The summed E-state index contributed by atoms with van der Waals surface area (Å²) in [5.41, 5.74) is 1.05. The van der Waals surface area contributed by atoms with Crippen molar-refractivity contribution < 1.29 is 5.11 Å². The van der Waals surface area contributed by atoms with Gasteiger partial charge in [0.05, 0.1) is 6.61 Å². The van der Waals surface area contributed by atoms with Gasteiger partial charge in [-0.25, -0.2) is 0 Å². The molecule has 0 aromatic carbocycles. The van der Waals surface area contributed by atoms with E-state index in [9.17, 15) is 0 Å². The summed E-state index contributed by atoms with van der Waals surface area (Å²) in [6, 6.07) is 0. The Bertz CT molecular complexity index is 284. The quantitative estimate of drug-likeness (QED) is 0.782. The number of fused-ring (bicyclic) bond motifs is 2. The van der Waals surface area contributed by atoms with E-state index < -0.39 is 0 Å². The maximum atomic E-state index is 8.57. The van der Waals surface area contributed by atoms with E-state index in [2.05, 4.69) is 24.1 Å². The molecule has 2 aliphatic carbocycles. The zero-order valence-electron chi connectivity index (χ0n) is 12.9. The van der Waals surface area contributed by atoms with Gasteiger partial charge in [0.25, 0.3) is 0 Å². The highest BCUT2D eigenvalue weighted by molar-refractivity contribution is 5.21. The van der Waals surface area contributed by atoms with E-state index in [1.54, 1.807) is 0 Å². The third-order valence-electron chi connectivity index (χ3n) is 4.04. The Morgan fingerprint density at radius 2 is 1.79 bits per heavy atom. The molecule has 2 fully saturated rings. The normalized spacial score (nSPS) is 28.7. The number of hydrogen-bond acceptors (Lipinski definition) is 2. The fourth-order valence-corrected chi connectivity index (χ4v) is 3.25. The van der Waals surface area contributed by atoms with Crippen molar-refractivity contribution >= 4 is 0 Å². The zero-order chi connectivity index (χ0) is 14.1. The topological polar surface area (TPSA) is 23.5 Å². The molecule has 1 aliphatic heterocycles. The molecule has 0 aromatic rings. The lowest BCUT2D eigenvalue weighted by molar-refractivity contribution is 0.203. The first-order valence-electron chi connectivity index (χ1n) is 7.93. The maximum absolute atomic E-state index is 8.57. The van der Waals surface area contributed by atoms with Crippen LogP contribution in [0.1, 0.15) is 46.0 Å². The summed E-state index contributed by atoms with van der Waals surface area (Å²) in [5, 5.41) is 8.57. The van der Waals surface area contributed by atoms with Crippen molar-refractivity contribution in [2.24, 2.45) is 11.8 Å². The molecule has 2 nitrogen and oxygen atoms in total. The lowest BCUT2D eigenvalue weighted by Gasteiger charge is -2.27. The molecule has 0 radical (unpaired) electrons. The Morgan fingerprint density at radius 3 is 2.21 bits per heavy atom. The molecule has 1 unspecified atom stereocenters. The smallest absolute Gasteiger partial charge is 0.0678 e. The van der Waals surface area contributed by atoms with E-state index in [-0.39, 0.29) is 6.61 Å². The van der Waals surface area contributed by atoms with Crippen LogP contribution >= 0.6 is 0 Å². The highest BCUT2D eigenvalue weighted by Crippen LogP contribution is 2.35. The molecule has 1 heterocycles. The first kappa shape index (κ1) is 16.5. The second-order valence-corrected chi connectivity index (χ2v) is 5.68. The monoisotopic (exact) mass is 265 g/mol. The Kier molecular flexibility index (Phi) is 8.08. The maximum Gasteiger partial charge on any atom is 0.0678 e. The molecule has 3 aliphatic rings. The van der Waals surface area contributed by atoms with Crippen molar-refractivity contribution in [1.29, 1.82) is 0 Å². The molecule has 3 rings (SSSR count). The zero-order valence-corrected chi connectivity index (χ0v) is 12.9. The number of nitrogens with zero attached hydrogens (tertiary/aromatic N) is 1. The van der Waals surface area contributed by atoms with Crippen LogP contribution in [0.5, 0.6) is 0 Å². The van der Waals surface area contributed by atoms with Gasteiger partial charge in [0.1, 0.15) is 0 Å². The van der Waals surface area contributed by atoms with E-state index in [0.29, 0.717) is 0 Å². The van der Waals surface area contributed by atoms with Crippen LogP contribution in [0, 0.1) is 11.8 Å². The number of piperidine rings is 1. The van der Waals surface area contributed by atoms with Crippen molar-refractivity contribution in [2.45, 2.75) is 46.0 Å². The van der Waals surface area contributed by atoms with Crippen molar-refractivity contribution in [1.82, 2.24) is 4.90 Å². The van der Waals surface area contributed by atoms with E-state index in [4.69, 9.17) is 5.11 Å². The van der Waals surface area contributed by atoms with Gasteiger partial charge in [0, 0.05) is 13.1 Å². The van der Waals surface area contributed by atoms with Crippen LogP contribution < -0.4 is 0 Å². The largest absolute Gasteiger partial charge is 0.392 e. The highest BCUT2D eigenvalue weighted by atomic mass is 16.3. The van der Waals surface area contributed by atoms with Gasteiger partial charge in [-0.15, -0.1) is 0 Å². The third-order valence-corrected chi connectivity index (χ3v) is 4.04. The van der Waals surface area contributed by atoms with Crippen molar-refractivity contribution in [2.75, 3.05) is 26.7 Å². The summed E-state index contributed by atoms with van der Waals surface area (Å²) >= 11 is 0. The third kappa shape index (κ3) is 5.92. The fraction of sp³-hybridized carbons (Fsp3) is 0.765. The van der Waals surface area contributed by atoms with Crippen LogP contribution in [0.4, 0.5) is 0 Å². The highest BCUT2D eigenvalue weighted by Gasteiger charge is 2.30. The molecule has 19 heavy (non-hydrogen) atoms. The Hall–Kier alpha value is -0.600. The molecule has 1 saturated carbocycles. The van der Waals surface area contributed by atoms with Gasteiger partial charge >= 0.3 is 0 Å².